The highest BCUT2D eigenvalue weighted by Gasteiger charge is 2.76. The number of hydrogen-bond donors (Lipinski definition) is 1. The van der Waals surface area contributed by atoms with Crippen molar-refractivity contribution in [2.75, 3.05) is 31.1 Å². The fourth-order valence-corrected chi connectivity index (χ4v) is 11.1. The van der Waals surface area contributed by atoms with E-state index in [0.29, 0.717) is 45.4 Å². The summed E-state index contributed by atoms with van der Waals surface area (Å²) in [5.41, 5.74) is 3.79. The van der Waals surface area contributed by atoms with Crippen LogP contribution in [0.3, 0.4) is 0 Å². The van der Waals surface area contributed by atoms with Gasteiger partial charge in [0, 0.05) is 48.6 Å². The maximum Gasteiger partial charge on any atom is 0.251 e. The van der Waals surface area contributed by atoms with E-state index in [1.165, 1.54) is 0 Å². The number of fused-ring (bicyclic) bond motifs is 1. The first-order valence-electron chi connectivity index (χ1n) is 15.4. The Morgan fingerprint density at radius 3 is 2.36 bits per heavy atom. The number of benzene rings is 2. The van der Waals surface area contributed by atoms with Crippen molar-refractivity contribution in [1.29, 1.82) is 0 Å². The van der Waals surface area contributed by atoms with Crippen LogP contribution in [0.2, 0.25) is 0 Å². The zero-order valence-electron chi connectivity index (χ0n) is 25.5. The Bertz CT molecular complexity index is 1400. The number of hydrogen-bond acceptors (Lipinski definition) is 5. The summed E-state index contributed by atoms with van der Waals surface area (Å²) in [7, 11) is 0. The number of carbonyl (C=O) groups excluding carboxylic acids is 3. The van der Waals surface area contributed by atoms with Crippen molar-refractivity contribution in [3.63, 3.8) is 0 Å². The third kappa shape index (κ3) is 5.67. The number of nitrogens with zero attached hydrogens (tertiary/aromatic N) is 3. The van der Waals surface area contributed by atoms with Crippen molar-refractivity contribution >= 4 is 51.1 Å². The monoisotopic (exact) mass is 679 g/mol. The molecule has 2 aromatic rings. The van der Waals surface area contributed by atoms with Crippen LogP contribution in [0.25, 0.3) is 0 Å². The maximum absolute atomic E-state index is 14.9. The molecule has 3 heterocycles. The zero-order valence-corrected chi connectivity index (χ0v) is 27.9. The van der Waals surface area contributed by atoms with Gasteiger partial charge in [0.25, 0.3) is 5.91 Å². The van der Waals surface area contributed by atoms with E-state index in [9.17, 15) is 19.5 Å². The van der Waals surface area contributed by atoms with Gasteiger partial charge in [0.15, 0.2) is 0 Å². The minimum absolute atomic E-state index is 0.0115. The first kappa shape index (κ1) is 32.5. The molecule has 0 aliphatic carbocycles. The number of aliphatic hydroxyl groups excluding tert-OH is 1. The van der Waals surface area contributed by atoms with E-state index >= 15 is 0 Å². The first-order chi connectivity index (χ1) is 21.2. The molecule has 0 radical (unpaired) electrons. The lowest BCUT2D eigenvalue weighted by Crippen LogP contribution is -2.56. The second-order valence-corrected chi connectivity index (χ2v) is 14.8. The molecular weight excluding hydrogens is 638 g/mol. The lowest BCUT2D eigenvalue weighted by molar-refractivity contribution is -0.144. The number of unbranched alkanes of at least 4 members (excludes halogenated alkanes) is 1. The largest absolute Gasteiger partial charge is 0.396 e. The van der Waals surface area contributed by atoms with Crippen LogP contribution < -0.4 is 4.90 Å². The van der Waals surface area contributed by atoms with Crippen LogP contribution in [0.15, 0.2) is 73.8 Å². The first-order valence-corrected chi connectivity index (χ1v) is 17.1. The van der Waals surface area contributed by atoms with Gasteiger partial charge < -0.3 is 19.8 Å². The Morgan fingerprint density at radius 2 is 1.73 bits per heavy atom. The van der Waals surface area contributed by atoms with E-state index in [-0.39, 0.29) is 34.4 Å². The van der Waals surface area contributed by atoms with E-state index in [1.807, 2.05) is 62.4 Å². The van der Waals surface area contributed by atoms with Gasteiger partial charge in [-0.05, 0) is 49.8 Å². The number of likely N-dealkylation sites (tertiary alicyclic amines) is 1. The van der Waals surface area contributed by atoms with E-state index in [4.69, 9.17) is 0 Å². The number of amides is 3. The SMILES string of the molecule is C=CCN(Cc1ccccc1)C(=O)[C@H]1[C@@H]2SC3(CC2Br)C(C(=O)N(CC=C)c2c(C)cccc2C)N(CCCCO)C(=O)[C@H]13. The number of thioether (sulfide) groups is 1. The molecule has 2 bridgehead atoms. The summed E-state index contributed by atoms with van der Waals surface area (Å²) >= 11 is 5.54. The number of alkyl halides is 1. The average molecular weight is 681 g/mol. The number of aryl methyl sites for hydroxylation is 2. The minimum Gasteiger partial charge on any atom is -0.396 e. The highest BCUT2D eigenvalue weighted by molar-refractivity contribution is 9.09. The molecule has 6 atom stereocenters. The second-order valence-electron chi connectivity index (χ2n) is 12.1. The van der Waals surface area contributed by atoms with Gasteiger partial charge in [-0.2, -0.15) is 0 Å². The lowest BCUT2D eigenvalue weighted by atomic mass is 9.70. The van der Waals surface area contributed by atoms with E-state index in [0.717, 1.165) is 22.4 Å². The molecule has 3 aliphatic rings. The molecule has 234 valence electrons. The second kappa shape index (κ2) is 13.6. The van der Waals surface area contributed by atoms with Crippen molar-refractivity contribution in [3.8, 4) is 0 Å². The van der Waals surface area contributed by atoms with E-state index in [1.54, 1.807) is 38.6 Å². The van der Waals surface area contributed by atoms with Gasteiger partial charge in [-0.25, -0.2) is 0 Å². The van der Waals surface area contributed by atoms with Crippen LogP contribution in [-0.4, -0.2) is 79.7 Å². The van der Waals surface area contributed by atoms with Crippen LogP contribution in [0.1, 0.15) is 36.0 Å². The Balaban J connectivity index is 1.57. The molecule has 3 unspecified atom stereocenters. The molecule has 0 aromatic heterocycles. The molecule has 0 saturated carbocycles. The highest BCUT2D eigenvalue weighted by atomic mass is 79.9. The number of para-hydroxylation sites is 1. The van der Waals surface area contributed by atoms with Crippen molar-refractivity contribution in [2.45, 2.75) is 60.5 Å². The molecule has 3 aliphatic heterocycles. The predicted molar refractivity (Wildman–Crippen MR) is 181 cm³/mol. The normalized spacial score (nSPS) is 26.9. The summed E-state index contributed by atoms with van der Waals surface area (Å²) in [6, 6.07) is 15.1. The summed E-state index contributed by atoms with van der Waals surface area (Å²) in [4.78, 5) is 49.2. The summed E-state index contributed by atoms with van der Waals surface area (Å²) in [5, 5.41) is 9.40. The van der Waals surface area contributed by atoms with Gasteiger partial charge in [0.05, 0.1) is 16.6 Å². The standard InChI is InChI=1S/C35H42BrN3O4S/c1-5-17-37(22-25-15-8-7-9-16-25)32(41)27-28-33(42)39(19-10-11-20-40)31(35(28)21-26(36)30(27)44-35)34(43)38(18-6-2)29-23(3)13-12-14-24(29)4/h5-9,12-16,26-28,30-31,40H,1-2,10-11,17-22H2,3-4H3/t26?,27-,28+,30-,31?,35?/m1/s1. The third-order valence-corrected chi connectivity index (χ3v) is 12.5. The summed E-state index contributed by atoms with van der Waals surface area (Å²) in [6.07, 6.45) is 5.16. The van der Waals surface area contributed by atoms with Crippen LogP contribution in [-0.2, 0) is 20.9 Å². The molecule has 3 fully saturated rings. The lowest BCUT2D eigenvalue weighted by Gasteiger charge is -2.39. The average Bonchev–Trinajstić information content (AvgIpc) is 3.59. The molecule has 7 nitrogen and oxygen atoms in total. The maximum atomic E-state index is 14.9. The topological polar surface area (TPSA) is 81.2 Å². The summed E-state index contributed by atoms with van der Waals surface area (Å²) < 4.78 is -0.755. The Morgan fingerprint density at radius 1 is 1.05 bits per heavy atom. The van der Waals surface area contributed by atoms with Gasteiger partial charge >= 0.3 is 0 Å². The van der Waals surface area contributed by atoms with Gasteiger partial charge in [-0.3, -0.25) is 14.4 Å². The number of rotatable bonds is 13. The molecule has 3 amide bonds. The fraction of sp³-hybridized carbons (Fsp3) is 0.457. The van der Waals surface area contributed by atoms with Gasteiger partial charge in [-0.15, -0.1) is 24.9 Å². The predicted octanol–water partition coefficient (Wildman–Crippen LogP) is 5.27. The highest BCUT2D eigenvalue weighted by Crippen LogP contribution is 2.68. The molecule has 1 spiro atoms. The molecule has 9 heteroatoms. The number of carbonyl (C=O) groups is 3. The summed E-state index contributed by atoms with van der Waals surface area (Å²) in [5.74, 6) is -1.53. The Hall–Kier alpha value is -2.88. The van der Waals surface area contributed by atoms with Crippen LogP contribution in [0.5, 0.6) is 0 Å². The fourth-order valence-electron chi connectivity index (χ4n) is 7.53. The van der Waals surface area contributed by atoms with Crippen molar-refractivity contribution in [1.82, 2.24) is 9.80 Å². The van der Waals surface area contributed by atoms with E-state index in [2.05, 4.69) is 29.1 Å². The molecule has 5 rings (SSSR count). The van der Waals surface area contributed by atoms with Crippen molar-refractivity contribution < 1.29 is 19.5 Å². The van der Waals surface area contributed by atoms with Crippen LogP contribution in [0.4, 0.5) is 5.69 Å². The molecule has 44 heavy (non-hydrogen) atoms. The van der Waals surface area contributed by atoms with E-state index < -0.39 is 22.6 Å². The Labute approximate surface area is 273 Å². The van der Waals surface area contributed by atoms with Gasteiger partial charge in [0.1, 0.15) is 6.04 Å². The number of halogens is 1. The smallest absolute Gasteiger partial charge is 0.251 e. The summed E-state index contributed by atoms with van der Waals surface area (Å²) in [6.45, 7) is 13.3. The van der Waals surface area contributed by atoms with Crippen molar-refractivity contribution in [3.05, 3.63) is 90.5 Å². The molecule has 3 saturated heterocycles. The minimum atomic E-state index is -0.755. The quantitative estimate of drug-likeness (QED) is 0.177. The number of anilines is 1. The number of aliphatic hydroxyl groups is 1. The third-order valence-electron chi connectivity index (χ3n) is 9.28. The molecular formula is C35H42BrN3O4S. The zero-order chi connectivity index (χ0) is 31.6. The molecule has 2 aromatic carbocycles. The van der Waals surface area contributed by atoms with Gasteiger partial charge in [-0.1, -0.05) is 76.6 Å². The van der Waals surface area contributed by atoms with Crippen molar-refractivity contribution in [2.24, 2.45) is 11.8 Å². The Kier molecular flexibility index (Phi) is 10.1. The van der Waals surface area contributed by atoms with Crippen LogP contribution >= 0.6 is 27.7 Å². The molecule has 1 N–H and O–H groups in total. The van der Waals surface area contributed by atoms with Crippen LogP contribution in [0, 0.1) is 25.7 Å². The van der Waals surface area contributed by atoms with Gasteiger partial charge in [0.2, 0.25) is 11.8 Å².